The van der Waals surface area contributed by atoms with Crippen molar-refractivity contribution in [2.24, 2.45) is 17.8 Å². The summed E-state index contributed by atoms with van der Waals surface area (Å²) in [6.45, 7) is 0. The van der Waals surface area contributed by atoms with Crippen molar-refractivity contribution < 1.29 is 0 Å². The fourth-order valence-corrected chi connectivity index (χ4v) is 12.0. The van der Waals surface area contributed by atoms with Crippen LogP contribution in [0.4, 0.5) is 0 Å². The third kappa shape index (κ3) is 1.84. The van der Waals surface area contributed by atoms with Gasteiger partial charge in [0.1, 0.15) is 0 Å². The molecule has 0 aromatic heterocycles. The molecule has 4 fully saturated rings. The first-order valence-corrected chi connectivity index (χ1v) is 11.4. The van der Waals surface area contributed by atoms with Gasteiger partial charge in [0.05, 0.1) is 0 Å². The smallest absolute Gasteiger partial charge is 0.0190 e. The van der Waals surface area contributed by atoms with Crippen LogP contribution in [0.1, 0.15) is 38.5 Å². The summed E-state index contributed by atoms with van der Waals surface area (Å²) in [5.74, 6) is 3.40. The van der Waals surface area contributed by atoms with Gasteiger partial charge < -0.3 is 0 Å². The minimum atomic E-state index is 0.614. The molecule has 0 saturated heterocycles. The van der Waals surface area contributed by atoms with Crippen molar-refractivity contribution in [3.8, 4) is 0 Å². The molecular formula is C11H18IPS. The molecule has 0 aliphatic heterocycles. The van der Waals surface area contributed by atoms with Gasteiger partial charge in [0.25, 0.3) is 0 Å². The molecule has 0 nitrogen and oxygen atoms in total. The van der Waals surface area contributed by atoms with Gasteiger partial charge in [-0.2, -0.15) is 0 Å². The molecule has 4 rings (SSSR count). The van der Waals surface area contributed by atoms with E-state index in [4.69, 9.17) is 0 Å². The third-order valence-corrected chi connectivity index (χ3v) is 9.20. The highest BCUT2D eigenvalue weighted by Gasteiger charge is 2.50. The maximum atomic E-state index is 2.65. The molecule has 0 radical (unpaired) electrons. The minimum absolute atomic E-state index is 0.614. The van der Waals surface area contributed by atoms with Crippen molar-refractivity contribution in [3.63, 3.8) is 0 Å². The first-order valence-electron chi connectivity index (χ1n) is 5.70. The largest absolute Gasteiger partial charge is 0.102 e. The molecule has 14 heavy (non-hydrogen) atoms. The third-order valence-electron chi connectivity index (χ3n) is 4.33. The Morgan fingerprint density at radius 1 is 1.07 bits per heavy atom. The van der Waals surface area contributed by atoms with Crippen molar-refractivity contribution in [1.82, 2.24) is 0 Å². The molecule has 0 amide bonds. The SMILES string of the molecule is C/S(I)=P/C12CC3CC(CC(C3)C1)C2. The molecule has 0 heterocycles. The lowest BCUT2D eigenvalue weighted by atomic mass is 9.56. The summed E-state index contributed by atoms with van der Waals surface area (Å²) in [4.78, 5) is 0. The van der Waals surface area contributed by atoms with Gasteiger partial charge in [-0.15, -0.1) is 7.24 Å². The fourth-order valence-electron chi connectivity index (χ4n) is 4.44. The summed E-state index contributed by atoms with van der Waals surface area (Å²) in [5.41, 5.74) is 0. The van der Waals surface area contributed by atoms with E-state index in [2.05, 4.69) is 27.5 Å². The van der Waals surface area contributed by atoms with Crippen LogP contribution >= 0.6 is 28.6 Å². The van der Waals surface area contributed by atoms with Crippen LogP contribution < -0.4 is 0 Å². The maximum Gasteiger partial charge on any atom is 0.0190 e. The molecule has 4 aliphatic rings. The van der Waals surface area contributed by atoms with Crippen LogP contribution in [0.2, 0.25) is 0 Å². The van der Waals surface area contributed by atoms with E-state index < -0.39 is 0 Å². The summed E-state index contributed by atoms with van der Waals surface area (Å²) < 4.78 is 0. The van der Waals surface area contributed by atoms with E-state index in [0.29, 0.717) is 7.24 Å². The molecule has 4 aliphatic carbocycles. The van der Waals surface area contributed by atoms with Gasteiger partial charge >= 0.3 is 0 Å². The second-order valence-corrected chi connectivity index (χ2v) is 15.8. The minimum Gasteiger partial charge on any atom is -0.102 e. The molecule has 4 saturated carbocycles. The second-order valence-electron chi connectivity index (χ2n) is 5.64. The Balaban J connectivity index is 1.91. The molecule has 0 aromatic rings. The van der Waals surface area contributed by atoms with Gasteiger partial charge in [-0.1, -0.05) is 7.36 Å². The monoisotopic (exact) mass is 340 g/mol. The van der Waals surface area contributed by atoms with Gasteiger partial charge in [0.15, 0.2) is 0 Å². The Bertz CT molecular complexity index is 248. The van der Waals surface area contributed by atoms with E-state index in [1.807, 2.05) is 0 Å². The van der Waals surface area contributed by atoms with Crippen LogP contribution in [0.3, 0.4) is 0 Å². The van der Waals surface area contributed by atoms with Crippen molar-refractivity contribution in [2.45, 2.75) is 43.7 Å². The summed E-state index contributed by atoms with van der Waals surface area (Å²) in [6.07, 6.45) is 11.9. The van der Waals surface area contributed by atoms with E-state index in [9.17, 15) is 0 Å². The van der Waals surface area contributed by atoms with Crippen LogP contribution in [-0.4, -0.2) is 11.4 Å². The first-order chi connectivity index (χ1) is 6.65. The van der Waals surface area contributed by atoms with E-state index >= 15 is 0 Å². The molecule has 4 bridgehead atoms. The zero-order valence-corrected chi connectivity index (χ0v) is 12.6. The number of rotatable bonds is 1. The second kappa shape index (κ2) is 3.70. The lowest BCUT2D eigenvalue weighted by molar-refractivity contribution is 0.0377. The van der Waals surface area contributed by atoms with Crippen molar-refractivity contribution in [1.29, 1.82) is 0 Å². The van der Waals surface area contributed by atoms with Gasteiger partial charge in [0.2, 0.25) is 0 Å². The van der Waals surface area contributed by atoms with Gasteiger partial charge in [-0.25, -0.2) is 0 Å². The van der Waals surface area contributed by atoms with Crippen molar-refractivity contribution >= 4 is 35.8 Å². The van der Waals surface area contributed by atoms with Gasteiger partial charge in [-0.05, 0) is 83.7 Å². The first kappa shape index (κ1) is 10.5. The summed E-state index contributed by atoms with van der Waals surface area (Å²) in [5, 5.41) is 0.799. The molecule has 80 valence electrons. The normalized spacial score (nSPS) is 52.6. The number of halogens is 1. The Kier molecular flexibility index (Phi) is 2.78. The Morgan fingerprint density at radius 2 is 1.50 bits per heavy atom. The molecule has 0 spiro atoms. The van der Waals surface area contributed by atoms with Gasteiger partial charge in [-0.3, -0.25) is 0 Å². The summed E-state index contributed by atoms with van der Waals surface area (Å²) in [6, 6.07) is 0. The van der Waals surface area contributed by atoms with E-state index in [1.165, 1.54) is 0 Å². The molecule has 1 atom stereocenters. The topological polar surface area (TPSA) is 0 Å². The zero-order valence-electron chi connectivity index (χ0n) is 8.71. The van der Waals surface area contributed by atoms with E-state index in [-0.39, 0.29) is 0 Å². The lowest BCUT2D eigenvalue weighted by Gasteiger charge is -2.55. The molecule has 3 heteroatoms. The molecule has 0 N–H and O–H groups in total. The summed E-state index contributed by atoms with van der Waals surface area (Å²) in [7, 11) is 2.42. The van der Waals surface area contributed by atoms with Crippen LogP contribution in [0.25, 0.3) is 0 Å². The van der Waals surface area contributed by atoms with Crippen LogP contribution in [0.5, 0.6) is 0 Å². The predicted octanol–water partition coefficient (Wildman–Crippen LogP) is 4.41. The summed E-state index contributed by atoms with van der Waals surface area (Å²) >= 11 is 2.65. The van der Waals surface area contributed by atoms with Crippen LogP contribution in [-0.2, 0) is 7.24 Å². The fraction of sp³-hybridized carbons (Fsp3) is 1.00. The number of hydrogen-bond acceptors (Lipinski definition) is 0. The average molecular weight is 340 g/mol. The highest BCUT2D eigenvalue weighted by Crippen LogP contribution is 2.61. The Morgan fingerprint density at radius 3 is 1.86 bits per heavy atom. The van der Waals surface area contributed by atoms with Gasteiger partial charge in [0, 0.05) is 5.16 Å². The Labute approximate surface area is 103 Å². The average Bonchev–Trinajstić information content (AvgIpc) is 1.96. The van der Waals surface area contributed by atoms with E-state index in [0.717, 1.165) is 22.9 Å². The quantitative estimate of drug-likeness (QED) is 0.490. The highest BCUT2D eigenvalue weighted by molar-refractivity contribution is 14.2. The zero-order chi connectivity index (χ0) is 9.76. The maximum absolute atomic E-state index is 2.65. The predicted molar refractivity (Wildman–Crippen MR) is 75.1 cm³/mol. The highest BCUT2D eigenvalue weighted by atomic mass is 127. The Hall–Kier alpha value is 1.38. The van der Waals surface area contributed by atoms with Crippen LogP contribution in [0.15, 0.2) is 0 Å². The molecule has 1 unspecified atom stereocenters. The van der Waals surface area contributed by atoms with Crippen LogP contribution in [0, 0.1) is 17.8 Å². The lowest BCUT2D eigenvalue weighted by Crippen LogP contribution is -2.47. The van der Waals surface area contributed by atoms with Crippen molar-refractivity contribution in [3.05, 3.63) is 0 Å². The standard InChI is InChI=1S/C11H18IPS/c1-14(12)13-11-5-8-2-9(6-11)4-10(3-8)7-11/h8-10H,2-7H2,1H3. The number of hydrogen-bond donors (Lipinski definition) is 0. The van der Waals surface area contributed by atoms with E-state index in [1.54, 1.807) is 45.9 Å². The molecular weight excluding hydrogens is 322 g/mol. The van der Waals surface area contributed by atoms with Crippen molar-refractivity contribution in [2.75, 3.05) is 6.26 Å². The molecule has 0 aromatic carbocycles.